The molecule has 0 bridgehead atoms. The van der Waals surface area contributed by atoms with E-state index in [0.29, 0.717) is 6.61 Å². The zero-order valence-corrected chi connectivity index (χ0v) is 17.2. The Hall–Kier alpha value is -2.44. The molecular formula is C19H26F3N5O4. The minimum atomic E-state index is -5.08. The highest BCUT2D eigenvalue weighted by atomic mass is 19.4. The Bertz CT molecular complexity index is 842. The van der Waals surface area contributed by atoms with Gasteiger partial charge >= 0.3 is 12.1 Å². The van der Waals surface area contributed by atoms with Gasteiger partial charge in [-0.3, -0.25) is 14.3 Å². The lowest BCUT2D eigenvalue weighted by atomic mass is 10.00. The molecule has 2 aliphatic heterocycles. The highest BCUT2D eigenvalue weighted by Gasteiger charge is 2.43. The Kier molecular flexibility index (Phi) is 7.34. The van der Waals surface area contributed by atoms with E-state index in [9.17, 15) is 13.2 Å². The summed E-state index contributed by atoms with van der Waals surface area (Å²) in [5, 5.41) is 15.7. The molecule has 2 aromatic heterocycles. The number of carboxylic acid groups (broad SMARTS) is 1. The smallest absolute Gasteiger partial charge is 0.475 e. The van der Waals surface area contributed by atoms with Crippen LogP contribution in [0.3, 0.4) is 0 Å². The molecule has 0 radical (unpaired) electrons. The standard InChI is InChI=1S/C17H25N5O2.C2HF3O2/c1-20-10-15(9-19-20)11-21-7-8-23-14-17(13-21)4-3-16(24-17)12-22-6-2-5-18-22;3-2(4,5)1(6)7/h2,5-6,9-10,16H,3-4,7-8,11-14H2,1H3;(H,6,7). The monoisotopic (exact) mass is 445 g/mol. The fourth-order valence-electron chi connectivity index (χ4n) is 3.79. The molecule has 0 saturated carbocycles. The SMILES string of the molecule is Cn1cc(CN2CCOCC3(CCC(Cn4cccn4)O3)C2)cn1.O=C(O)C(F)(F)F. The second-order valence-corrected chi connectivity index (χ2v) is 7.78. The minimum Gasteiger partial charge on any atom is -0.475 e. The van der Waals surface area contributed by atoms with Crippen LogP contribution in [-0.2, 0) is 34.4 Å². The molecule has 2 unspecified atom stereocenters. The van der Waals surface area contributed by atoms with Crippen LogP contribution >= 0.6 is 0 Å². The van der Waals surface area contributed by atoms with Crippen molar-refractivity contribution in [2.24, 2.45) is 7.05 Å². The van der Waals surface area contributed by atoms with Crippen LogP contribution in [0.4, 0.5) is 13.2 Å². The number of aromatic nitrogens is 4. The average Bonchev–Trinajstić information content (AvgIpc) is 3.39. The van der Waals surface area contributed by atoms with E-state index in [1.165, 1.54) is 5.56 Å². The van der Waals surface area contributed by atoms with E-state index in [1.807, 2.05) is 41.1 Å². The van der Waals surface area contributed by atoms with Crippen molar-refractivity contribution in [1.29, 1.82) is 0 Å². The number of rotatable bonds is 4. The Labute approximate surface area is 177 Å². The van der Waals surface area contributed by atoms with E-state index in [0.717, 1.165) is 45.6 Å². The lowest BCUT2D eigenvalue weighted by molar-refractivity contribution is -0.192. The van der Waals surface area contributed by atoms with Gasteiger partial charge in [-0.2, -0.15) is 23.4 Å². The maximum absolute atomic E-state index is 10.6. The van der Waals surface area contributed by atoms with Gasteiger partial charge in [0.15, 0.2) is 0 Å². The summed E-state index contributed by atoms with van der Waals surface area (Å²) in [5.41, 5.74) is 1.05. The highest BCUT2D eigenvalue weighted by Crippen LogP contribution is 2.34. The number of hydrogen-bond donors (Lipinski definition) is 1. The lowest BCUT2D eigenvalue weighted by Crippen LogP contribution is -2.44. The number of halogens is 3. The van der Waals surface area contributed by atoms with Crippen LogP contribution in [0.5, 0.6) is 0 Å². The van der Waals surface area contributed by atoms with Crippen LogP contribution in [0, 0.1) is 0 Å². The number of aryl methyl sites for hydroxylation is 1. The molecule has 2 saturated heterocycles. The van der Waals surface area contributed by atoms with Gasteiger partial charge in [-0.1, -0.05) is 0 Å². The van der Waals surface area contributed by atoms with Gasteiger partial charge in [-0.05, 0) is 18.9 Å². The summed E-state index contributed by atoms with van der Waals surface area (Å²) in [5.74, 6) is -2.76. The van der Waals surface area contributed by atoms with Crippen LogP contribution in [0.15, 0.2) is 30.9 Å². The molecule has 2 aliphatic rings. The Morgan fingerprint density at radius 2 is 2.16 bits per heavy atom. The van der Waals surface area contributed by atoms with Crippen LogP contribution < -0.4 is 0 Å². The first-order valence-corrected chi connectivity index (χ1v) is 9.88. The molecule has 9 nitrogen and oxygen atoms in total. The molecule has 0 amide bonds. The van der Waals surface area contributed by atoms with E-state index in [2.05, 4.69) is 21.3 Å². The molecule has 172 valence electrons. The van der Waals surface area contributed by atoms with Gasteiger partial charge in [-0.25, -0.2) is 4.79 Å². The summed E-state index contributed by atoms with van der Waals surface area (Å²) in [4.78, 5) is 11.3. The van der Waals surface area contributed by atoms with E-state index >= 15 is 0 Å². The van der Waals surface area contributed by atoms with Crippen LogP contribution in [0.1, 0.15) is 18.4 Å². The summed E-state index contributed by atoms with van der Waals surface area (Å²) in [6.07, 6.45) is 5.06. The van der Waals surface area contributed by atoms with Crippen molar-refractivity contribution in [2.75, 3.05) is 26.3 Å². The van der Waals surface area contributed by atoms with E-state index < -0.39 is 12.1 Å². The second kappa shape index (κ2) is 9.79. The van der Waals surface area contributed by atoms with Crippen molar-refractivity contribution >= 4 is 5.97 Å². The van der Waals surface area contributed by atoms with E-state index in [1.54, 1.807) is 0 Å². The molecule has 2 fully saturated rings. The summed E-state index contributed by atoms with van der Waals surface area (Å²) in [6.45, 7) is 5.01. The summed E-state index contributed by atoms with van der Waals surface area (Å²) < 4.78 is 47.9. The molecule has 0 aliphatic carbocycles. The molecule has 2 atom stereocenters. The largest absolute Gasteiger partial charge is 0.490 e. The summed E-state index contributed by atoms with van der Waals surface area (Å²) in [7, 11) is 1.95. The number of carbonyl (C=O) groups is 1. The van der Waals surface area contributed by atoms with Gasteiger partial charge < -0.3 is 14.6 Å². The van der Waals surface area contributed by atoms with Gasteiger partial charge in [0.2, 0.25) is 0 Å². The predicted molar refractivity (Wildman–Crippen MR) is 102 cm³/mol. The van der Waals surface area contributed by atoms with Crippen molar-refractivity contribution in [2.45, 2.75) is 43.8 Å². The van der Waals surface area contributed by atoms with Crippen molar-refractivity contribution < 1.29 is 32.5 Å². The van der Waals surface area contributed by atoms with Gasteiger partial charge in [0.25, 0.3) is 0 Å². The minimum absolute atomic E-state index is 0.184. The third-order valence-corrected chi connectivity index (χ3v) is 5.12. The quantitative estimate of drug-likeness (QED) is 0.766. The zero-order chi connectivity index (χ0) is 22.5. The van der Waals surface area contributed by atoms with Crippen molar-refractivity contribution in [3.63, 3.8) is 0 Å². The molecule has 2 aromatic rings. The van der Waals surface area contributed by atoms with Crippen LogP contribution in [0.2, 0.25) is 0 Å². The Morgan fingerprint density at radius 1 is 1.39 bits per heavy atom. The van der Waals surface area contributed by atoms with E-state index in [-0.39, 0.29) is 11.7 Å². The number of ether oxygens (including phenoxy) is 2. The van der Waals surface area contributed by atoms with Gasteiger partial charge in [-0.15, -0.1) is 0 Å². The lowest BCUT2D eigenvalue weighted by Gasteiger charge is -2.31. The molecular weight excluding hydrogens is 419 g/mol. The number of aliphatic carboxylic acids is 1. The fraction of sp³-hybridized carbons (Fsp3) is 0.632. The molecule has 31 heavy (non-hydrogen) atoms. The van der Waals surface area contributed by atoms with Crippen molar-refractivity contribution in [3.8, 4) is 0 Å². The zero-order valence-electron chi connectivity index (χ0n) is 17.2. The van der Waals surface area contributed by atoms with Gasteiger partial charge in [0.05, 0.1) is 32.1 Å². The maximum Gasteiger partial charge on any atom is 0.490 e. The Morgan fingerprint density at radius 3 is 2.77 bits per heavy atom. The number of hydrogen-bond acceptors (Lipinski definition) is 6. The fourth-order valence-corrected chi connectivity index (χ4v) is 3.79. The number of nitrogens with zero attached hydrogens (tertiary/aromatic N) is 5. The highest BCUT2D eigenvalue weighted by molar-refractivity contribution is 5.73. The number of alkyl halides is 3. The summed E-state index contributed by atoms with van der Waals surface area (Å²) in [6, 6.07) is 1.95. The molecule has 1 spiro atoms. The first-order chi connectivity index (χ1) is 14.7. The first-order valence-electron chi connectivity index (χ1n) is 9.88. The first kappa shape index (κ1) is 23.2. The maximum atomic E-state index is 10.6. The molecule has 12 heteroatoms. The Balaban J connectivity index is 0.000000339. The van der Waals surface area contributed by atoms with Gasteiger partial charge in [0.1, 0.15) is 5.60 Å². The molecule has 0 aromatic carbocycles. The molecule has 4 rings (SSSR count). The topological polar surface area (TPSA) is 94.6 Å². The molecule has 4 heterocycles. The average molecular weight is 445 g/mol. The van der Waals surface area contributed by atoms with Crippen molar-refractivity contribution in [3.05, 3.63) is 36.4 Å². The van der Waals surface area contributed by atoms with Crippen LogP contribution in [-0.4, -0.2) is 79.7 Å². The summed E-state index contributed by atoms with van der Waals surface area (Å²) >= 11 is 0. The third kappa shape index (κ3) is 6.77. The third-order valence-electron chi connectivity index (χ3n) is 5.12. The second-order valence-electron chi connectivity index (χ2n) is 7.78. The molecule has 1 N–H and O–H groups in total. The number of carboxylic acids is 1. The van der Waals surface area contributed by atoms with E-state index in [4.69, 9.17) is 19.4 Å². The van der Waals surface area contributed by atoms with Crippen LogP contribution in [0.25, 0.3) is 0 Å². The predicted octanol–water partition coefficient (Wildman–Crippen LogP) is 1.70. The van der Waals surface area contributed by atoms with Crippen molar-refractivity contribution in [1.82, 2.24) is 24.5 Å². The normalized spacial score (nSPS) is 24.6. The van der Waals surface area contributed by atoms with Gasteiger partial charge in [0, 0.05) is 50.8 Å².